The van der Waals surface area contributed by atoms with Crippen molar-refractivity contribution in [3.63, 3.8) is 0 Å². The van der Waals surface area contributed by atoms with Crippen molar-refractivity contribution in [3.8, 4) is 0 Å². The summed E-state index contributed by atoms with van der Waals surface area (Å²) in [6.07, 6.45) is 3.37. The van der Waals surface area contributed by atoms with Crippen LogP contribution in [0.25, 0.3) is 0 Å². The molecule has 3 N–H and O–H groups in total. The van der Waals surface area contributed by atoms with E-state index in [-0.39, 0.29) is 5.91 Å². The van der Waals surface area contributed by atoms with E-state index in [2.05, 4.69) is 37.9 Å². The minimum Gasteiger partial charge on any atom is -0.368 e. The van der Waals surface area contributed by atoms with E-state index in [4.69, 9.17) is 5.73 Å². The number of likely N-dealkylation sites (N-methyl/N-ethyl adjacent to an activating group) is 1. The Morgan fingerprint density at radius 2 is 1.84 bits per heavy atom. The molecule has 0 aliphatic rings. The predicted octanol–water partition coefficient (Wildman–Crippen LogP) is 1.99. The van der Waals surface area contributed by atoms with Crippen molar-refractivity contribution in [2.75, 3.05) is 26.2 Å². The number of nitrogens with one attached hydrogen (secondary N) is 1. The average molecular weight is 271 g/mol. The lowest BCUT2D eigenvalue weighted by atomic mass is 9.98. The minimum atomic E-state index is -0.627. The Morgan fingerprint density at radius 1 is 1.26 bits per heavy atom. The molecule has 0 bridgehead atoms. The fraction of sp³-hybridized carbons (Fsp3) is 0.933. The number of nitrogens with zero attached hydrogens (tertiary/aromatic N) is 1. The summed E-state index contributed by atoms with van der Waals surface area (Å²) in [5, 5.41) is 3.30. The first-order valence-corrected chi connectivity index (χ1v) is 7.70. The summed E-state index contributed by atoms with van der Waals surface area (Å²) in [6, 6.07) is 0. The maximum Gasteiger partial charge on any atom is 0.238 e. The van der Waals surface area contributed by atoms with E-state index in [1.807, 2.05) is 6.92 Å². The lowest BCUT2D eigenvalue weighted by molar-refractivity contribution is -0.124. The number of hydrogen-bond donors (Lipinski definition) is 2. The van der Waals surface area contributed by atoms with Gasteiger partial charge >= 0.3 is 0 Å². The molecule has 0 radical (unpaired) electrons. The van der Waals surface area contributed by atoms with Crippen LogP contribution >= 0.6 is 0 Å². The fourth-order valence-corrected chi connectivity index (χ4v) is 2.29. The molecule has 4 heteroatoms. The number of hydrogen-bond acceptors (Lipinski definition) is 3. The second-order valence-electron chi connectivity index (χ2n) is 5.63. The molecule has 0 aromatic heterocycles. The summed E-state index contributed by atoms with van der Waals surface area (Å²) in [4.78, 5) is 14.1. The summed E-state index contributed by atoms with van der Waals surface area (Å²) >= 11 is 0. The Labute approximate surface area is 119 Å². The predicted molar refractivity (Wildman–Crippen MR) is 82.1 cm³/mol. The van der Waals surface area contributed by atoms with E-state index < -0.39 is 5.54 Å². The van der Waals surface area contributed by atoms with Crippen LogP contribution in [0.2, 0.25) is 0 Å². The van der Waals surface area contributed by atoms with Crippen LogP contribution in [0, 0.1) is 5.92 Å². The molecule has 0 fully saturated rings. The van der Waals surface area contributed by atoms with Gasteiger partial charge in [0, 0.05) is 13.1 Å². The van der Waals surface area contributed by atoms with Gasteiger partial charge in [-0.2, -0.15) is 0 Å². The summed E-state index contributed by atoms with van der Waals surface area (Å²) in [5.41, 5.74) is 4.96. The molecular formula is C15H33N3O. The zero-order valence-corrected chi connectivity index (χ0v) is 13.5. The van der Waals surface area contributed by atoms with Gasteiger partial charge in [0.25, 0.3) is 0 Å². The highest BCUT2D eigenvalue weighted by molar-refractivity contribution is 5.84. The highest BCUT2D eigenvalue weighted by atomic mass is 16.1. The monoisotopic (exact) mass is 271 g/mol. The number of carbonyl (C=O) groups is 1. The second kappa shape index (κ2) is 9.32. The van der Waals surface area contributed by atoms with Gasteiger partial charge in [0.15, 0.2) is 0 Å². The Balaban J connectivity index is 4.64. The normalized spacial score (nSPS) is 14.9. The number of primary amides is 1. The molecule has 0 saturated carbocycles. The largest absolute Gasteiger partial charge is 0.368 e. The molecule has 19 heavy (non-hydrogen) atoms. The Hall–Kier alpha value is -0.610. The third-order valence-corrected chi connectivity index (χ3v) is 3.97. The van der Waals surface area contributed by atoms with Crippen molar-refractivity contribution in [1.82, 2.24) is 10.2 Å². The molecule has 0 aliphatic heterocycles. The van der Waals surface area contributed by atoms with E-state index >= 15 is 0 Å². The highest BCUT2D eigenvalue weighted by Gasteiger charge is 2.32. The van der Waals surface area contributed by atoms with Crippen LogP contribution in [0.5, 0.6) is 0 Å². The molecular weight excluding hydrogens is 238 g/mol. The maximum absolute atomic E-state index is 11.7. The molecule has 4 nitrogen and oxygen atoms in total. The zero-order chi connectivity index (χ0) is 14.9. The Kier molecular flexibility index (Phi) is 9.02. The van der Waals surface area contributed by atoms with Crippen molar-refractivity contribution in [2.45, 2.75) is 59.4 Å². The number of nitrogens with two attached hydrogens (primary N) is 1. The molecule has 0 aromatic carbocycles. The molecule has 0 spiro atoms. The second-order valence-corrected chi connectivity index (χ2v) is 5.63. The Morgan fingerprint density at radius 3 is 2.21 bits per heavy atom. The SMILES string of the molecule is CCCNC(C)(CN(CC)CC(CC)CC)C(N)=O. The van der Waals surface area contributed by atoms with Gasteiger partial charge in [-0.3, -0.25) is 4.79 Å². The van der Waals surface area contributed by atoms with Crippen molar-refractivity contribution in [3.05, 3.63) is 0 Å². The van der Waals surface area contributed by atoms with Crippen molar-refractivity contribution in [1.29, 1.82) is 0 Å². The van der Waals surface area contributed by atoms with Crippen LogP contribution in [-0.2, 0) is 4.79 Å². The zero-order valence-electron chi connectivity index (χ0n) is 13.5. The number of carbonyl (C=O) groups excluding carboxylic acids is 1. The third kappa shape index (κ3) is 6.39. The van der Waals surface area contributed by atoms with Crippen molar-refractivity contribution < 1.29 is 4.79 Å². The first-order chi connectivity index (χ1) is 8.93. The van der Waals surface area contributed by atoms with Gasteiger partial charge in [0.05, 0.1) is 0 Å². The summed E-state index contributed by atoms with van der Waals surface area (Å²) in [6.45, 7) is 14.1. The van der Waals surface area contributed by atoms with Gasteiger partial charge < -0.3 is 16.0 Å². The standard InChI is InChI=1S/C15H33N3O/c1-6-10-17-15(5,14(16)19)12-18(9-4)11-13(7-2)8-3/h13,17H,6-12H2,1-5H3,(H2,16,19). The highest BCUT2D eigenvalue weighted by Crippen LogP contribution is 2.13. The molecule has 0 rings (SSSR count). The van der Waals surface area contributed by atoms with Gasteiger partial charge in [-0.1, -0.05) is 40.5 Å². The molecule has 0 aromatic rings. The van der Waals surface area contributed by atoms with E-state index in [1.54, 1.807) is 0 Å². The lowest BCUT2D eigenvalue weighted by Gasteiger charge is -2.35. The third-order valence-electron chi connectivity index (χ3n) is 3.97. The van der Waals surface area contributed by atoms with Crippen LogP contribution < -0.4 is 11.1 Å². The fourth-order valence-electron chi connectivity index (χ4n) is 2.29. The van der Waals surface area contributed by atoms with E-state index in [0.29, 0.717) is 12.5 Å². The van der Waals surface area contributed by atoms with Crippen LogP contribution in [0.3, 0.4) is 0 Å². The molecule has 1 atom stereocenters. The van der Waals surface area contributed by atoms with Gasteiger partial charge in [0.2, 0.25) is 5.91 Å². The average Bonchev–Trinajstić information content (AvgIpc) is 2.40. The molecule has 0 heterocycles. The van der Waals surface area contributed by atoms with Gasteiger partial charge in [-0.05, 0) is 32.4 Å². The number of amides is 1. The molecule has 1 amide bonds. The van der Waals surface area contributed by atoms with E-state index in [0.717, 1.165) is 26.1 Å². The summed E-state index contributed by atoms with van der Waals surface area (Å²) in [7, 11) is 0. The van der Waals surface area contributed by atoms with Gasteiger partial charge in [-0.15, -0.1) is 0 Å². The summed E-state index contributed by atoms with van der Waals surface area (Å²) in [5.74, 6) is 0.437. The van der Waals surface area contributed by atoms with E-state index in [1.165, 1.54) is 12.8 Å². The number of rotatable bonds is 11. The maximum atomic E-state index is 11.7. The first kappa shape index (κ1) is 18.4. The topological polar surface area (TPSA) is 58.4 Å². The van der Waals surface area contributed by atoms with Gasteiger partial charge in [0.1, 0.15) is 5.54 Å². The van der Waals surface area contributed by atoms with Crippen LogP contribution in [0.15, 0.2) is 0 Å². The van der Waals surface area contributed by atoms with Crippen LogP contribution in [0.1, 0.15) is 53.9 Å². The first-order valence-electron chi connectivity index (χ1n) is 7.70. The quantitative estimate of drug-likeness (QED) is 0.604. The lowest BCUT2D eigenvalue weighted by Crippen LogP contribution is -2.60. The molecule has 0 saturated heterocycles. The van der Waals surface area contributed by atoms with Crippen LogP contribution in [0.4, 0.5) is 0 Å². The molecule has 1 unspecified atom stereocenters. The van der Waals surface area contributed by atoms with Gasteiger partial charge in [-0.25, -0.2) is 0 Å². The van der Waals surface area contributed by atoms with Crippen LogP contribution in [-0.4, -0.2) is 42.5 Å². The molecule has 114 valence electrons. The van der Waals surface area contributed by atoms with E-state index in [9.17, 15) is 4.79 Å². The minimum absolute atomic E-state index is 0.260. The summed E-state index contributed by atoms with van der Waals surface area (Å²) < 4.78 is 0. The van der Waals surface area contributed by atoms with Crippen molar-refractivity contribution in [2.24, 2.45) is 11.7 Å². The Bertz CT molecular complexity index is 254. The van der Waals surface area contributed by atoms with Crippen molar-refractivity contribution >= 4 is 5.91 Å². The molecule has 0 aliphatic carbocycles. The smallest absolute Gasteiger partial charge is 0.238 e.